The van der Waals surface area contributed by atoms with Gasteiger partial charge in [0.1, 0.15) is 23.0 Å². The number of hydrogen-bond donors (Lipinski definition) is 7. The van der Waals surface area contributed by atoms with Crippen molar-refractivity contribution in [2.24, 2.45) is 0 Å². The molecule has 1 heterocycles. The number of carbonyl (C=O) groups is 4. The number of fused-ring (bicyclic) bond motifs is 7. The third-order valence-electron chi connectivity index (χ3n) is 14.8. The normalized spacial score (nSPS) is 12.0. The molecule has 0 fully saturated rings. The lowest BCUT2D eigenvalue weighted by Crippen LogP contribution is -2.26. The van der Waals surface area contributed by atoms with E-state index in [1.165, 1.54) is 59.7 Å². The Morgan fingerprint density at radius 1 is 0.420 bits per heavy atom. The fraction of sp³-hybridized carbons (Fsp3) is 0.188. The molecule has 17 heteroatoms. The van der Waals surface area contributed by atoms with E-state index in [4.69, 9.17) is 5.73 Å². The van der Waals surface area contributed by atoms with Crippen molar-refractivity contribution in [1.82, 2.24) is 4.57 Å². The van der Waals surface area contributed by atoms with Gasteiger partial charge >= 0.3 is 11.9 Å². The molecule has 0 spiro atoms. The number of carboxylic acids is 2. The Hall–Kier alpha value is -10.0. The van der Waals surface area contributed by atoms with Gasteiger partial charge in [0.2, 0.25) is 0 Å². The van der Waals surface area contributed by atoms with E-state index < -0.39 is 90.7 Å². The fourth-order valence-corrected chi connectivity index (χ4v) is 10.8. The molecule has 10 aromatic rings. The van der Waals surface area contributed by atoms with Crippen LogP contribution < -0.4 is 27.7 Å². The number of anilines is 1. The third kappa shape index (κ3) is 9.16. The molecule has 9 N–H and O–H groups in total. The average Bonchev–Trinajstić information content (AvgIpc) is 3.93. The molecule has 0 radical (unpaired) electrons. The number of aromatic hydroxyl groups is 4. The van der Waals surface area contributed by atoms with Gasteiger partial charge in [-0.1, -0.05) is 140 Å². The van der Waals surface area contributed by atoms with Crippen LogP contribution in [-0.2, 0) is 0 Å². The molecule has 412 valence electrons. The van der Waals surface area contributed by atoms with Crippen LogP contribution >= 0.6 is 0 Å². The monoisotopic (exact) mass is 1090 g/mol. The van der Waals surface area contributed by atoms with Crippen molar-refractivity contribution in [1.29, 1.82) is 0 Å². The second-order valence-electron chi connectivity index (χ2n) is 21.0. The summed E-state index contributed by atoms with van der Waals surface area (Å²) in [5.74, 6) is -5.90. The van der Waals surface area contributed by atoms with Crippen molar-refractivity contribution in [3.8, 4) is 28.7 Å². The highest BCUT2D eigenvalue weighted by molar-refractivity contribution is 6.32. The van der Waals surface area contributed by atoms with Gasteiger partial charge in [-0.25, -0.2) is 14.2 Å². The number of carbonyl (C=O) groups excluding carboxylic acids is 2. The number of aromatic nitrogens is 1. The van der Waals surface area contributed by atoms with Crippen LogP contribution in [0.25, 0.3) is 59.5 Å². The Kier molecular flexibility index (Phi) is 15.1. The number of phenols is 4. The van der Waals surface area contributed by atoms with Crippen molar-refractivity contribution in [3.63, 3.8) is 0 Å². The summed E-state index contributed by atoms with van der Waals surface area (Å²) in [6.07, 6.45) is 0. The van der Waals surface area contributed by atoms with Gasteiger partial charge in [-0.3, -0.25) is 28.8 Å². The lowest BCUT2D eigenvalue weighted by molar-refractivity contribution is 0.0652. The molecule has 17 nitrogen and oxygen atoms in total. The lowest BCUT2D eigenvalue weighted by Gasteiger charge is -2.21. The minimum absolute atomic E-state index is 0. The van der Waals surface area contributed by atoms with Gasteiger partial charge in [0.15, 0.2) is 22.4 Å². The molecule has 0 saturated carbocycles. The molecule has 0 aliphatic heterocycles. The minimum atomic E-state index is -1.57. The topological polar surface area (TPSA) is 319 Å². The van der Waals surface area contributed by atoms with Crippen LogP contribution in [0.3, 0.4) is 0 Å². The number of nitrogen functional groups attached to an aromatic ring is 1. The number of aromatic carboxylic acids is 2. The standard InChI is InChI=1S/C32H25NO6.C20H10O8.C12H19N.H2O/c1-14(2)16-10-7-11-17(15(3)4)26(16)33-31(38)22-12-20-21(13-23(22)32(33)39)30(37)25-24(29(20)36)27(34)18-8-5-6-9-19(18)28(25)35;21-15-7-3-1-2-4-8(7)16(22)14-13(15)17(23)9-5-11(19(25)26)12(20(27)28)6-10(9)18(14)24;1-8(2)10-6-5-7-11(9(3)4)12(10)13;/h5-15,36-37H,1-4H3;1-6,23-24H,(H,25,26)(H,27,28);5-9H,13H2,1-4H3;1H2/p-1. The van der Waals surface area contributed by atoms with Crippen molar-refractivity contribution in [3.05, 3.63) is 206 Å². The zero-order chi connectivity index (χ0) is 58.2. The number of nitrogens with zero attached hydrogens (tertiary/aromatic N) is 1. The molecule has 11 rings (SSSR count). The van der Waals surface area contributed by atoms with Gasteiger partial charge in [0.05, 0.1) is 49.5 Å². The first kappa shape index (κ1) is 57.2. The van der Waals surface area contributed by atoms with E-state index in [-0.39, 0.29) is 82.3 Å². The Morgan fingerprint density at radius 2 is 0.741 bits per heavy atom. The number of para-hydroxylation sites is 2. The summed E-state index contributed by atoms with van der Waals surface area (Å²) < 4.78 is 1.16. The average molecular weight is 1090 g/mol. The predicted octanol–water partition coefficient (Wildman–Crippen LogP) is 10.8. The first-order valence-corrected chi connectivity index (χ1v) is 25.7. The number of phenolic OH excluding ortho intramolecular Hbond substituents is 4. The van der Waals surface area contributed by atoms with Crippen LogP contribution in [0.1, 0.15) is 154 Å². The first-order valence-electron chi connectivity index (χ1n) is 25.7. The van der Waals surface area contributed by atoms with E-state index in [0.717, 1.165) is 33.5 Å². The fourth-order valence-electron chi connectivity index (χ4n) is 10.8. The van der Waals surface area contributed by atoms with Gasteiger partial charge in [0, 0.05) is 49.1 Å². The molecule has 0 bridgehead atoms. The van der Waals surface area contributed by atoms with E-state index >= 15 is 0 Å². The number of benzene rings is 9. The molecule has 81 heavy (non-hydrogen) atoms. The highest BCUT2D eigenvalue weighted by atomic mass is 16.4. The Labute approximate surface area is 460 Å². The molecule has 0 unspecified atom stereocenters. The summed E-state index contributed by atoms with van der Waals surface area (Å²) in [5, 5.41) is 61.5. The summed E-state index contributed by atoms with van der Waals surface area (Å²) in [7, 11) is 0. The predicted molar refractivity (Wildman–Crippen MR) is 310 cm³/mol. The Bertz CT molecular complexity index is 4300. The van der Waals surface area contributed by atoms with Gasteiger partial charge < -0.3 is 41.8 Å². The van der Waals surface area contributed by atoms with Gasteiger partial charge in [-0.2, -0.15) is 0 Å². The van der Waals surface area contributed by atoms with Gasteiger partial charge in [-0.15, -0.1) is 0 Å². The van der Waals surface area contributed by atoms with Crippen molar-refractivity contribution >= 4 is 83.1 Å². The van der Waals surface area contributed by atoms with Crippen LogP contribution in [0.5, 0.6) is 23.0 Å². The van der Waals surface area contributed by atoms with E-state index in [9.17, 15) is 69.0 Å². The van der Waals surface area contributed by atoms with Gasteiger partial charge in [-0.05, 0) is 70.2 Å². The van der Waals surface area contributed by atoms with Crippen LogP contribution in [-0.4, -0.2) is 64.2 Å². The maximum atomic E-state index is 13.8. The van der Waals surface area contributed by atoms with Crippen LogP contribution in [0.4, 0.5) is 5.69 Å². The first-order chi connectivity index (χ1) is 37.8. The summed E-state index contributed by atoms with van der Waals surface area (Å²) in [6, 6.07) is 28.5. The summed E-state index contributed by atoms with van der Waals surface area (Å²) in [6.45, 7) is 16.7. The van der Waals surface area contributed by atoms with Crippen LogP contribution in [0.2, 0.25) is 0 Å². The van der Waals surface area contributed by atoms with Crippen molar-refractivity contribution in [2.75, 3.05) is 5.73 Å². The molecule has 0 saturated heterocycles. The summed E-state index contributed by atoms with van der Waals surface area (Å²) in [4.78, 5) is 103. The number of hydrogen-bond acceptors (Lipinski definition) is 14. The zero-order valence-electron chi connectivity index (χ0n) is 45.1. The molecular formula is C64H55N2O15-. The largest absolute Gasteiger partial charge is 0.870 e. The maximum absolute atomic E-state index is 13.8. The van der Waals surface area contributed by atoms with Gasteiger partial charge in [0.25, 0.3) is 11.1 Å². The molecule has 1 aromatic heterocycles. The van der Waals surface area contributed by atoms with E-state index in [1.807, 2.05) is 45.9 Å². The molecule has 0 amide bonds. The number of carboxylic acid groups (broad SMARTS) is 2. The molecule has 1 aliphatic carbocycles. The SMILES string of the molecule is CC(C)c1cccc(C(C)C)c1-n1c(=O)c2cc3c(O)c4c(=O)c5ccccc5c(=O)c4c(O)c3cc2c1=O.CC(C)c1cccc(C(C)C)c1N.O=C(O)c1cc2c(O)c3c(c(O)c2cc1C(=O)O)C(=O)c1ccccc1C3=O.[OH-]. The lowest BCUT2D eigenvalue weighted by atomic mass is 9.81. The molecule has 0 atom stereocenters. The number of nitrogens with two attached hydrogens (primary N) is 1. The second kappa shape index (κ2) is 21.3. The van der Waals surface area contributed by atoms with E-state index in [0.29, 0.717) is 17.5 Å². The smallest absolute Gasteiger partial charge is 0.336 e. The van der Waals surface area contributed by atoms with Crippen LogP contribution in [0, 0.1) is 0 Å². The quantitative estimate of drug-likeness (QED) is 0.0443. The van der Waals surface area contributed by atoms with E-state index in [1.54, 1.807) is 12.1 Å². The maximum Gasteiger partial charge on any atom is 0.336 e. The molecular weight excluding hydrogens is 1040 g/mol. The second-order valence-corrected chi connectivity index (χ2v) is 21.0. The van der Waals surface area contributed by atoms with Crippen molar-refractivity contribution < 1.29 is 55.3 Å². The zero-order valence-corrected chi connectivity index (χ0v) is 45.1. The summed E-state index contributed by atoms with van der Waals surface area (Å²) in [5.41, 5.74) is 7.40. The number of ketones is 2. The van der Waals surface area contributed by atoms with E-state index in [2.05, 4.69) is 45.9 Å². The minimum Gasteiger partial charge on any atom is -0.870 e. The number of rotatable bonds is 7. The highest BCUT2D eigenvalue weighted by Gasteiger charge is 2.37. The molecule has 1 aliphatic rings. The third-order valence-corrected chi connectivity index (χ3v) is 14.8. The molecule has 9 aromatic carbocycles. The van der Waals surface area contributed by atoms with Crippen LogP contribution in [0.15, 0.2) is 128 Å². The highest BCUT2D eigenvalue weighted by Crippen LogP contribution is 2.46. The Balaban J connectivity index is 0.000000178. The Morgan fingerprint density at radius 3 is 1.07 bits per heavy atom. The van der Waals surface area contributed by atoms with Crippen molar-refractivity contribution in [2.45, 2.75) is 79.1 Å². The summed E-state index contributed by atoms with van der Waals surface area (Å²) >= 11 is 0.